The number of halogens is 1. The third-order valence-electron chi connectivity index (χ3n) is 4.45. The molecule has 4 atom stereocenters. The normalized spacial score (nSPS) is 20.8. The van der Waals surface area contributed by atoms with Crippen molar-refractivity contribution in [3.8, 4) is 0 Å². The Labute approximate surface area is 143 Å². The van der Waals surface area contributed by atoms with E-state index < -0.39 is 6.29 Å². The number of nitrogens with zero attached hydrogens (tertiary/aromatic N) is 1. The highest BCUT2D eigenvalue weighted by molar-refractivity contribution is 5.44. The van der Waals surface area contributed by atoms with Crippen LogP contribution in [0.4, 0.5) is 4.39 Å². The summed E-state index contributed by atoms with van der Waals surface area (Å²) < 4.78 is 19.2. The Hall–Kier alpha value is -1.90. The maximum absolute atomic E-state index is 14.4. The molecule has 1 aliphatic rings. The molecule has 5 heteroatoms. The van der Waals surface area contributed by atoms with Crippen LogP contribution in [0.5, 0.6) is 0 Å². The highest BCUT2D eigenvalue weighted by atomic mass is 19.1. The van der Waals surface area contributed by atoms with E-state index in [0.717, 1.165) is 0 Å². The van der Waals surface area contributed by atoms with Crippen molar-refractivity contribution in [1.82, 2.24) is 4.90 Å². The first-order valence-corrected chi connectivity index (χ1v) is 8.06. The second-order valence-electron chi connectivity index (χ2n) is 5.96. The lowest BCUT2D eigenvalue weighted by molar-refractivity contribution is -0.0420. The van der Waals surface area contributed by atoms with Crippen molar-refractivity contribution >= 4 is 5.94 Å². The number of methoxy groups -OCH3 is 1. The van der Waals surface area contributed by atoms with Gasteiger partial charge in [0.05, 0.1) is 11.8 Å². The van der Waals surface area contributed by atoms with Gasteiger partial charge in [-0.2, -0.15) is 0 Å². The van der Waals surface area contributed by atoms with E-state index in [1.54, 1.807) is 12.0 Å². The number of ether oxygens (including phenoxy) is 1. The molecular weight excluding hydrogens is 309 g/mol. The minimum Gasteiger partial charge on any atom is -0.365 e. The maximum Gasteiger partial charge on any atom is 0.188 e. The van der Waals surface area contributed by atoms with Gasteiger partial charge in [-0.25, -0.2) is 9.18 Å². The molecule has 0 aliphatic heterocycles. The van der Waals surface area contributed by atoms with Crippen LogP contribution in [0.3, 0.4) is 0 Å². The standard InChI is InChI=1S/C19H26FNO3/c1-5-14(2)15(3)21(11-12-22)10-9-16-7-6-8-17(13-18(16)20)19(23)24-4/h5-6,11,13-16,19,23H,1,7,9-10H2,2-4H3/t14?,15-,16?,19?/m1/s1. The van der Waals surface area contributed by atoms with Crippen molar-refractivity contribution in [2.75, 3.05) is 13.7 Å². The summed E-state index contributed by atoms with van der Waals surface area (Å²) in [4.78, 5) is 12.6. The zero-order valence-electron chi connectivity index (χ0n) is 14.5. The van der Waals surface area contributed by atoms with E-state index in [1.807, 2.05) is 24.8 Å². The van der Waals surface area contributed by atoms with E-state index in [0.29, 0.717) is 19.4 Å². The Balaban J connectivity index is 2.77. The first-order valence-electron chi connectivity index (χ1n) is 8.06. The molecule has 0 bridgehead atoms. The molecule has 0 fully saturated rings. The van der Waals surface area contributed by atoms with Crippen LogP contribution in [0, 0.1) is 11.8 Å². The highest BCUT2D eigenvalue weighted by Crippen LogP contribution is 2.27. The van der Waals surface area contributed by atoms with Gasteiger partial charge in [0.2, 0.25) is 0 Å². The average Bonchev–Trinajstić information content (AvgIpc) is 2.78. The number of hydrogen-bond donors (Lipinski definition) is 1. The Kier molecular flexibility index (Phi) is 8.45. The molecule has 0 amide bonds. The number of carbonyl (C=O) groups excluding carboxylic acids is 1. The smallest absolute Gasteiger partial charge is 0.188 e. The van der Waals surface area contributed by atoms with Gasteiger partial charge in [0.15, 0.2) is 6.29 Å². The molecule has 0 aromatic carbocycles. The summed E-state index contributed by atoms with van der Waals surface area (Å²) >= 11 is 0. The van der Waals surface area contributed by atoms with Crippen molar-refractivity contribution in [2.24, 2.45) is 11.8 Å². The Morgan fingerprint density at radius 1 is 1.62 bits per heavy atom. The van der Waals surface area contributed by atoms with E-state index in [4.69, 9.17) is 4.74 Å². The molecule has 0 saturated heterocycles. The van der Waals surface area contributed by atoms with E-state index in [2.05, 4.69) is 12.3 Å². The number of hydrogen-bond acceptors (Lipinski definition) is 4. The fraction of sp³-hybridized carbons (Fsp3) is 0.526. The first kappa shape index (κ1) is 20.1. The van der Waals surface area contributed by atoms with Gasteiger partial charge >= 0.3 is 0 Å². The van der Waals surface area contributed by atoms with Gasteiger partial charge in [0.1, 0.15) is 11.8 Å². The molecule has 1 N–H and O–H groups in total. The van der Waals surface area contributed by atoms with Gasteiger partial charge in [-0.1, -0.05) is 13.0 Å². The molecule has 132 valence electrons. The van der Waals surface area contributed by atoms with Crippen LogP contribution < -0.4 is 0 Å². The van der Waals surface area contributed by atoms with E-state index in [9.17, 15) is 14.3 Å². The molecular formula is C19H26FNO3. The molecule has 0 saturated carbocycles. The van der Waals surface area contributed by atoms with Crippen molar-refractivity contribution in [3.05, 3.63) is 48.1 Å². The molecule has 0 aromatic rings. The highest BCUT2D eigenvalue weighted by Gasteiger charge is 2.21. The van der Waals surface area contributed by atoms with Gasteiger partial charge in [0.25, 0.3) is 0 Å². The minimum atomic E-state index is -1.19. The third-order valence-corrected chi connectivity index (χ3v) is 4.45. The Morgan fingerprint density at radius 2 is 2.33 bits per heavy atom. The molecule has 1 rings (SSSR count). The minimum absolute atomic E-state index is 0.0707. The lowest BCUT2D eigenvalue weighted by Crippen LogP contribution is -2.34. The molecule has 4 nitrogen and oxygen atoms in total. The van der Waals surface area contributed by atoms with Gasteiger partial charge in [-0.05, 0) is 37.8 Å². The second kappa shape index (κ2) is 10.1. The van der Waals surface area contributed by atoms with Crippen molar-refractivity contribution in [3.63, 3.8) is 0 Å². The predicted molar refractivity (Wildman–Crippen MR) is 92.3 cm³/mol. The topological polar surface area (TPSA) is 49.8 Å². The van der Waals surface area contributed by atoms with Crippen LogP contribution >= 0.6 is 0 Å². The number of rotatable bonds is 9. The fourth-order valence-corrected chi connectivity index (χ4v) is 2.52. The summed E-state index contributed by atoms with van der Waals surface area (Å²) in [5.74, 6) is 1.35. The van der Waals surface area contributed by atoms with Crippen molar-refractivity contribution < 1.29 is 19.0 Å². The summed E-state index contributed by atoms with van der Waals surface area (Å²) in [6.45, 7) is 8.30. The van der Waals surface area contributed by atoms with E-state index >= 15 is 0 Å². The summed E-state index contributed by atoms with van der Waals surface area (Å²) in [6, 6.07) is 0.0707. The van der Waals surface area contributed by atoms with Crippen LogP contribution in [-0.2, 0) is 9.53 Å². The summed E-state index contributed by atoms with van der Waals surface area (Å²) in [6.07, 6.45) is 6.01. The van der Waals surface area contributed by atoms with Crippen molar-refractivity contribution in [2.45, 2.75) is 39.0 Å². The van der Waals surface area contributed by atoms with Gasteiger partial charge < -0.3 is 14.7 Å². The van der Waals surface area contributed by atoms with Crippen LogP contribution in [0.15, 0.2) is 48.1 Å². The van der Waals surface area contributed by atoms with E-state index in [1.165, 1.54) is 19.4 Å². The fourth-order valence-electron chi connectivity index (χ4n) is 2.52. The molecule has 0 aromatic heterocycles. The summed E-state index contributed by atoms with van der Waals surface area (Å²) in [5.41, 5.74) is 3.13. The van der Waals surface area contributed by atoms with Crippen LogP contribution in [0.2, 0.25) is 0 Å². The molecule has 3 unspecified atom stereocenters. The van der Waals surface area contributed by atoms with Gasteiger partial charge in [-0.3, -0.25) is 0 Å². The Morgan fingerprint density at radius 3 is 2.92 bits per heavy atom. The summed E-state index contributed by atoms with van der Waals surface area (Å²) in [7, 11) is 1.35. The summed E-state index contributed by atoms with van der Waals surface area (Å²) in [5, 5.41) is 9.64. The zero-order valence-corrected chi connectivity index (χ0v) is 14.5. The molecule has 0 radical (unpaired) electrons. The molecule has 1 aliphatic carbocycles. The zero-order chi connectivity index (χ0) is 18.1. The lowest BCUT2D eigenvalue weighted by atomic mass is 9.97. The van der Waals surface area contributed by atoms with Gasteiger partial charge in [-0.15, -0.1) is 12.3 Å². The van der Waals surface area contributed by atoms with Crippen LogP contribution in [0.25, 0.3) is 0 Å². The maximum atomic E-state index is 14.4. The van der Waals surface area contributed by atoms with Gasteiger partial charge in [0, 0.05) is 25.6 Å². The average molecular weight is 335 g/mol. The monoisotopic (exact) mass is 335 g/mol. The quantitative estimate of drug-likeness (QED) is 0.304. The third kappa shape index (κ3) is 5.63. The molecule has 0 spiro atoms. The molecule has 0 heterocycles. The Bertz CT molecular complexity index is 571. The van der Waals surface area contributed by atoms with Crippen LogP contribution in [0.1, 0.15) is 26.7 Å². The SMILES string of the molecule is C=CC(C)[C@@H](C)N(C=C=O)CCC1CC=C=C(C(O)OC)C=C1F. The predicted octanol–water partition coefficient (Wildman–Crippen LogP) is 3.15. The first-order chi connectivity index (χ1) is 11.4. The number of aliphatic hydroxyl groups is 1. The van der Waals surface area contributed by atoms with E-state index in [-0.39, 0.29) is 29.3 Å². The second-order valence-corrected chi connectivity index (χ2v) is 5.96. The van der Waals surface area contributed by atoms with Crippen LogP contribution in [-0.4, -0.2) is 41.9 Å². The largest absolute Gasteiger partial charge is 0.365 e. The number of allylic oxidation sites excluding steroid dienone is 1. The molecule has 24 heavy (non-hydrogen) atoms. The number of aliphatic hydroxyl groups excluding tert-OH is 1. The van der Waals surface area contributed by atoms with Crippen molar-refractivity contribution in [1.29, 1.82) is 0 Å². The lowest BCUT2D eigenvalue weighted by Gasteiger charge is -2.31.